The summed E-state index contributed by atoms with van der Waals surface area (Å²) < 4.78 is 0. The van der Waals surface area contributed by atoms with Gasteiger partial charge in [-0.3, -0.25) is 4.90 Å². The molecule has 1 rings (SSSR count). The molecule has 1 atom stereocenters. The summed E-state index contributed by atoms with van der Waals surface area (Å²) in [5, 5.41) is 3.41. The fourth-order valence-corrected chi connectivity index (χ4v) is 1.60. The van der Waals surface area contributed by atoms with Crippen molar-refractivity contribution >= 4 is 0 Å². The molecule has 0 aromatic heterocycles. The number of nitrogens with one attached hydrogen (secondary N) is 1. The summed E-state index contributed by atoms with van der Waals surface area (Å²) in [5.41, 5.74) is 5.62. The molecule has 0 aromatic rings. The molecule has 0 bridgehead atoms. The molecule has 0 aromatic carbocycles. The monoisotopic (exact) mass is 186 g/mol. The lowest BCUT2D eigenvalue weighted by Crippen LogP contribution is -2.54. The Kier molecular flexibility index (Phi) is 4.66. The third kappa shape index (κ3) is 4.04. The van der Waals surface area contributed by atoms with E-state index in [4.69, 9.17) is 5.73 Å². The predicted molar refractivity (Wildman–Crippen MR) is 55.8 cm³/mol. The molecule has 3 N–H and O–H groups in total. The Morgan fingerprint density at radius 3 is 2.92 bits per heavy atom. The van der Waals surface area contributed by atoms with Crippen LogP contribution in [-0.2, 0) is 0 Å². The Hall–Kier alpha value is -0.160. The molecular weight excluding hydrogens is 164 g/mol. The SMILES string of the molecule is CN(C)CCN1CCNC(CN)C1. The van der Waals surface area contributed by atoms with Gasteiger partial charge in [-0.2, -0.15) is 0 Å². The fourth-order valence-electron chi connectivity index (χ4n) is 1.60. The van der Waals surface area contributed by atoms with E-state index < -0.39 is 0 Å². The van der Waals surface area contributed by atoms with Crippen molar-refractivity contribution in [2.75, 3.05) is 53.4 Å². The topological polar surface area (TPSA) is 44.5 Å². The number of nitrogens with zero attached hydrogens (tertiary/aromatic N) is 2. The van der Waals surface area contributed by atoms with Gasteiger partial charge in [-0.25, -0.2) is 0 Å². The maximum absolute atomic E-state index is 5.62. The zero-order valence-corrected chi connectivity index (χ0v) is 8.79. The maximum atomic E-state index is 5.62. The minimum Gasteiger partial charge on any atom is -0.329 e. The molecule has 0 saturated carbocycles. The zero-order chi connectivity index (χ0) is 9.68. The van der Waals surface area contributed by atoms with E-state index in [-0.39, 0.29) is 0 Å². The van der Waals surface area contributed by atoms with E-state index in [1.54, 1.807) is 0 Å². The molecular formula is C9H22N4. The quantitative estimate of drug-likeness (QED) is 0.578. The van der Waals surface area contributed by atoms with Crippen LogP contribution in [-0.4, -0.2) is 69.2 Å². The molecule has 4 heteroatoms. The van der Waals surface area contributed by atoms with Crippen LogP contribution in [0, 0.1) is 0 Å². The first kappa shape index (κ1) is 10.9. The van der Waals surface area contributed by atoms with Crippen LogP contribution >= 0.6 is 0 Å². The van der Waals surface area contributed by atoms with Crippen molar-refractivity contribution in [2.24, 2.45) is 5.73 Å². The molecule has 13 heavy (non-hydrogen) atoms. The van der Waals surface area contributed by atoms with Crippen molar-refractivity contribution in [3.05, 3.63) is 0 Å². The number of hydrogen-bond acceptors (Lipinski definition) is 4. The number of piperazine rings is 1. The van der Waals surface area contributed by atoms with Gasteiger partial charge in [0.15, 0.2) is 0 Å². The summed E-state index contributed by atoms with van der Waals surface area (Å²) in [7, 11) is 4.23. The second kappa shape index (κ2) is 5.54. The van der Waals surface area contributed by atoms with E-state index >= 15 is 0 Å². The highest BCUT2D eigenvalue weighted by Crippen LogP contribution is 1.97. The third-order valence-electron chi connectivity index (χ3n) is 2.49. The number of hydrogen-bond donors (Lipinski definition) is 2. The standard InChI is InChI=1S/C9H22N4/c1-12(2)5-6-13-4-3-11-9(7-10)8-13/h9,11H,3-8,10H2,1-2H3. The first-order valence-corrected chi connectivity index (χ1v) is 5.03. The van der Waals surface area contributed by atoms with E-state index in [1.807, 2.05) is 0 Å². The molecule has 0 spiro atoms. The molecule has 0 amide bonds. The maximum Gasteiger partial charge on any atom is 0.0318 e. The minimum atomic E-state index is 0.496. The summed E-state index contributed by atoms with van der Waals surface area (Å²) in [5.74, 6) is 0. The number of rotatable bonds is 4. The summed E-state index contributed by atoms with van der Waals surface area (Å²) in [6.45, 7) is 6.38. The third-order valence-corrected chi connectivity index (χ3v) is 2.49. The van der Waals surface area contributed by atoms with Gasteiger partial charge in [0.2, 0.25) is 0 Å². The molecule has 0 aliphatic carbocycles. The van der Waals surface area contributed by atoms with Gasteiger partial charge >= 0.3 is 0 Å². The van der Waals surface area contributed by atoms with Crippen LogP contribution in [0.1, 0.15) is 0 Å². The van der Waals surface area contributed by atoms with Crippen molar-refractivity contribution in [3.63, 3.8) is 0 Å². The van der Waals surface area contributed by atoms with Crippen LogP contribution in [0.3, 0.4) is 0 Å². The van der Waals surface area contributed by atoms with Crippen LogP contribution in [0.2, 0.25) is 0 Å². The van der Waals surface area contributed by atoms with Crippen molar-refractivity contribution in [2.45, 2.75) is 6.04 Å². The van der Waals surface area contributed by atoms with Gasteiger partial charge in [0.05, 0.1) is 0 Å². The first-order chi connectivity index (χ1) is 6.22. The van der Waals surface area contributed by atoms with Gasteiger partial charge in [0.25, 0.3) is 0 Å². The van der Waals surface area contributed by atoms with Crippen LogP contribution in [0.5, 0.6) is 0 Å². The van der Waals surface area contributed by atoms with Crippen molar-refractivity contribution in [3.8, 4) is 0 Å². The smallest absolute Gasteiger partial charge is 0.0318 e. The summed E-state index contributed by atoms with van der Waals surface area (Å²) in [6, 6.07) is 0.496. The number of likely N-dealkylation sites (N-methyl/N-ethyl adjacent to an activating group) is 1. The predicted octanol–water partition coefficient (Wildman–Crippen LogP) is -1.22. The molecule has 0 radical (unpaired) electrons. The van der Waals surface area contributed by atoms with Crippen molar-refractivity contribution < 1.29 is 0 Å². The van der Waals surface area contributed by atoms with E-state index in [0.717, 1.165) is 39.3 Å². The highest BCUT2D eigenvalue weighted by molar-refractivity contribution is 4.79. The minimum absolute atomic E-state index is 0.496. The van der Waals surface area contributed by atoms with Gasteiger partial charge < -0.3 is 16.0 Å². The van der Waals surface area contributed by atoms with Gasteiger partial charge in [0, 0.05) is 45.3 Å². The fraction of sp³-hybridized carbons (Fsp3) is 1.00. The highest BCUT2D eigenvalue weighted by atomic mass is 15.2. The zero-order valence-electron chi connectivity index (χ0n) is 8.79. The molecule has 1 heterocycles. The lowest BCUT2D eigenvalue weighted by molar-refractivity contribution is 0.186. The Balaban J connectivity index is 2.18. The summed E-state index contributed by atoms with van der Waals surface area (Å²) in [4.78, 5) is 4.70. The van der Waals surface area contributed by atoms with E-state index in [0.29, 0.717) is 6.04 Å². The van der Waals surface area contributed by atoms with Crippen molar-refractivity contribution in [1.82, 2.24) is 15.1 Å². The molecule has 1 unspecified atom stereocenters. The van der Waals surface area contributed by atoms with E-state index in [2.05, 4.69) is 29.2 Å². The number of nitrogens with two attached hydrogens (primary N) is 1. The molecule has 78 valence electrons. The molecule has 1 saturated heterocycles. The van der Waals surface area contributed by atoms with E-state index in [9.17, 15) is 0 Å². The van der Waals surface area contributed by atoms with Crippen LogP contribution in [0.15, 0.2) is 0 Å². The largest absolute Gasteiger partial charge is 0.329 e. The molecule has 1 fully saturated rings. The average molecular weight is 186 g/mol. The van der Waals surface area contributed by atoms with Gasteiger partial charge in [0.1, 0.15) is 0 Å². The summed E-state index contributed by atoms with van der Waals surface area (Å²) >= 11 is 0. The van der Waals surface area contributed by atoms with E-state index in [1.165, 1.54) is 0 Å². The van der Waals surface area contributed by atoms with Crippen molar-refractivity contribution in [1.29, 1.82) is 0 Å². The molecule has 1 aliphatic rings. The Labute approximate surface area is 81.1 Å². The van der Waals surface area contributed by atoms with Crippen LogP contribution in [0.4, 0.5) is 0 Å². The normalized spacial score (nSPS) is 25.4. The first-order valence-electron chi connectivity index (χ1n) is 5.03. The van der Waals surface area contributed by atoms with Gasteiger partial charge in [-0.05, 0) is 14.1 Å². The van der Waals surface area contributed by atoms with Gasteiger partial charge in [-0.15, -0.1) is 0 Å². The van der Waals surface area contributed by atoms with Gasteiger partial charge in [-0.1, -0.05) is 0 Å². The Morgan fingerprint density at radius 2 is 2.31 bits per heavy atom. The average Bonchev–Trinajstić information content (AvgIpc) is 2.15. The second-order valence-electron chi connectivity index (χ2n) is 3.99. The Morgan fingerprint density at radius 1 is 1.54 bits per heavy atom. The van der Waals surface area contributed by atoms with Crippen LogP contribution in [0.25, 0.3) is 0 Å². The summed E-state index contributed by atoms with van der Waals surface area (Å²) in [6.07, 6.45) is 0. The molecule has 4 nitrogen and oxygen atoms in total. The molecule has 1 aliphatic heterocycles. The lowest BCUT2D eigenvalue weighted by Gasteiger charge is -2.33. The second-order valence-corrected chi connectivity index (χ2v) is 3.99. The Bertz CT molecular complexity index is 138. The lowest BCUT2D eigenvalue weighted by atomic mass is 10.2. The highest BCUT2D eigenvalue weighted by Gasteiger charge is 2.17. The van der Waals surface area contributed by atoms with Crippen LogP contribution < -0.4 is 11.1 Å².